The molecule has 0 saturated heterocycles. The molecule has 0 aliphatic carbocycles. The highest BCUT2D eigenvalue weighted by molar-refractivity contribution is 5.69. The molecule has 0 radical (unpaired) electrons. The van der Waals surface area contributed by atoms with Gasteiger partial charge in [-0.25, -0.2) is 4.79 Å². The topological polar surface area (TPSA) is 88.0 Å². The minimum atomic E-state index is -1.38. The minimum Gasteiger partial charge on any atom is -0.504 e. The van der Waals surface area contributed by atoms with Crippen LogP contribution in [0.3, 0.4) is 0 Å². The van der Waals surface area contributed by atoms with Gasteiger partial charge in [-0.3, -0.25) is 4.84 Å². The lowest BCUT2D eigenvalue weighted by Crippen LogP contribution is -2.39. The standard InChI is InChI=1S/C21H19NO5/c1-26-22-20(25)27-21(15-8-4-2-5-9-15,16-10-6-3-7-11-16)17-12-13-18(23)19(24)14-17/h2-14,23-24H,1H3,(H,22,25). The number of aromatic hydroxyl groups is 2. The maximum absolute atomic E-state index is 12.4. The number of rotatable bonds is 5. The Morgan fingerprint density at radius 2 is 1.37 bits per heavy atom. The number of amides is 1. The molecule has 0 saturated carbocycles. The number of hydrogen-bond acceptors (Lipinski definition) is 5. The number of hydrogen-bond donors (Lipinski definition) is 3. The van der Waals surface area contributed by atoms with Crippen molar-refractivity contribution < 1.29 is 24.6 Å². The van der Waals surface area contributed by atoms with E-state index in [0.717, 1.165) is 0 Å². The van der Waals surface area contributed by atoms with Crippen LogP contribution in [-0.2, 0) is 15.2 Å². The van der Waals surface area contributed by atoms with Gasteiger partial charge < -0.3 is 14.9 Å². The van der Waals surface area contributed by atoms with E-state index in [0.29, 0.717) is 16.7 Å². The molecule has 1 amide bonds. The molecule has 3 aromatic rings. The number of carbonyl (C=O) groups is 1. The van der Waals surface area contributed by atoms with E-state index in [4.69, 9.17) is 4.74 Å². The van der Waals surface area contributed by atoms with Crippen LogP contribution in [0.25, 0.3) is 0 Å². The second-order valence-electron chi connectivity index (χ2n) is 5.81. The predicted molar refractivity (Wildman–Crippen MR) is 99.2 cm³/mol. The van der Waals surface area contributed by atoms with Crippen LogP contribution in [0, 0.1) is 0 Å². The fourth-order valence-corrected chi connectivity index (χ4v) is 3.01. The number of nitrogens with one attached hydrogen (secondary N) is 1. The zero-order chi connectivity index (χ0) is 19.3. The van der Waals surface area contributed by atoms with Crippen LogP contribution in [0.4, 0.5) is 4.79 Å². The first-order chi connectivity index (χ1) is 13.1. The van der Waals surface area contributed by atoms with Crippen LogP contribution in [0.2, 0.25) is 0 Å². The van der Waals surface area contributed by atoms with Gasteiger partial charge in [-0.15, -0.1) is 0 Å². The van der Waals surface area contributed by atoms with Crippen molar-refractivity contribution >= 4 is 6.09 Å². The van der Waals surface area contributed by atoms with E-state index in [-0.39, 0.29) is 11.5 Å². The van der Waals surface area contributed by atoms with Crippen molar-refractivity contribution in [2.24, 2.45) is 0 Å². The van der Waals surface area contributed by atoms with Crippen molar-refractivity contribution in [1.29, 1.82) is 0 Å². The summed E-state index contributed by atoms with van der Waals surface area (Å²) in [6.45, 7) is 0. The van der Waals surface area contributed by atoms with Crippen LogP contribution >= 0.6 is 0 Å². The minimum absolute atomic E-state index is 0.268. The first-order valence-electron chi connectivity index (χ1n) is 8.23. The summed E-state index contributed by atoms with van der Waals surface area (Å²) in [5, 5.41) is 19.8. The van der Waals surface area contributed by atoms with Gasteiger partial charge in [0.15, 0.2) is 17.1 Å². The Morgan fingerprint density at radius 1 is 0.815 bits per heavy atom. The maximum Gasteiger partial charge on any atom is 0.432 e. The highest BCUT2D eigenvalue weighted by Gasteiger charge is 2.41. The van der Waals surface area contributed by atoms with Crippen LogP contribution in [0.1, 0.15) is 16.7 Å². The summed E-state index contributed by atoms with van der Waals surface area (Å²) in [4.78, 5) is 17.0. The quantitative estimate of drug-likeness (QED) is 0.365. The Bertz CT molecular complexity index is 873. The predicted octanol–water partition coefficient (Wildman–Crippen LogP) is 3.68. The van der Waals surface area contributed by atoms with Gasteiger partial charge in [-0.1, -0.05) is 66.7 Å². The molecular formula is C21H19NO5. The van der Waals surface area contributed by atoms with Gasteiger partial charge in [0.25, 0.3) is 0 Å². The first kappa shape index (κ1) is 18.3. The molecule has 6 heteroatoms. The average molecular weight is 365 g/mol. The smallest absolute Gasteiger partial charge is 0.432 e. The summed E-state index contributed by atoms with van der Waals surface area (Å²) < 4.78 is 5.86. The molecule has 3 aromatic carbocycles. The molecule has 0 heterocycles. The average Bonchev–Trinajstić information content (AvgIpc) is 2.70. The molecule has 0 bridgehead atoms. The third kappa shape index (κ3) is 3.56. The van der Waals surface area contributed by atoms with Gasteiger partial charge in [0, 0.05) is 16.7 Å². The molecule has 6 nitrogen and oxygen atoms in total. The molecule has 0 atom stereocenters. The molecule has 0 aliphatic rings. The Balaban J connectivity index is 2.30. The van der Waals surface area contributed by atoms with Gasteiger partial charge in [0.05, 0.1) is 7.11 Å². The molecule has 0 fully saturated rings. The second-order valence-corrected chi connectivity index (χ2v) is 5.81. The van der Waals surface area contributed by atoms with Crippen LogP contribution in [0.15, 0.2) is 78.9 Å². The number of hydroxylamine groups is 1. The lowest BCUT2D eigenvalue weighted by Gasteiger charge is -2.35. The summed E-state index contributed by atoms with van der Waals surface area (Å²) in [6.07, 6.45) is -0.808. The molecule has 0 unspecified atom stereocenters. The Hall–Kier alpha value is -3.51. The van der Waals surface area contributed by atoms with Gasteiger partial charge in [-0.05, 0) is 12.1 Å². The third-order valence-electron chi connectivity index (χ3n) is 4.17. The molecule has 0 aromatic heterocycles. The Labute approximate surface area is 156 Å². The number of benzene rings is 3. The summed E-state index contributed by atoms with van der Waals surface area (Å²) in [6, 6.07) is 22.6. The fourth-order valence-electron chi connectivity index (χ4n) is 3.01. The summed E-state index contributed by atoms with van der Waals surface area (Å²) in [7, 11) is 1.31. The lowest BCUT2D eigenvalue weighted by molar-refractivity contribution is 0.0169. The zero-order valence-corrected chi connectivity index (χ0v) is 14.6. The van der Waals surface area contributed by atoms with E-state index >= 15 is 0 Å². The molecular weight excluding hydrogens is 346 g/mol. The fraction of sp³-hybridized carbons (Fsp3) is 0.0952. The highest BCUT2D eigenvalue weighted by atomic mass is 16.7. The summed E-state index contributed by atoms with van der Waals surface area (Å²) in [5.41, 5.74) is 2.56. The molecule has 0 spiro atoms. The van der Waals surface area contributed by atoms with E-state index < -0.39 is 11.7 Å². The molecule has 0 aliphatic heterocycles. The van der Waals surface area contributed by atoms with Gasteiger partial charge >= 0.3 is 6.09 Å². The van der Waals surface area contributed by atoms with Gasteiger partial charge in [0.1, 0.15) is 0 Å². The van der Waals surface area contributed by atoms with E-state index in [1.54, 1.807) is 6.07 Å². The van der Waals surface area contributed by atoms with E-state index in [1.807, 2.05) is 60.7 Å². The van der Waals surface area contributed by atoms with E-state index in [2.05, 4.69) is 10.3 Å². The van der Waals surface area contributed by atoms with E-state index in [9.17, 15) is 15.0 Å². The lowest BCUT2D eigenvalue weighted by atomic mass is 9.80. The van der Waals surface area contributed by atoms with Crippen molar-refractivity contribution in [2.75, 3.05) is 7.11 Å². The van der Waals surface area contributed by atoms with Crippen molar-refractivity contribution in [3.8, 4) is 11.5 Å². The van der Waals surface area contributed by atoms with Crippen molar-refractivity contribution in [2.45, 2.75) is 5.60 Å². The van der Waals surface area contributed by atoms with Gasteiger partial charge in [0.2, 0.25) is 0 Å². The number of phenols is 2. The van der Waals surface area contributed by atoms with Crippen LogP contribution in [0.5, 0.6) is 11.5 Å². The molecule has 138 valence electrons. The Kier molecular flexibility index (Phi) is 5.28. The number of carbonyl (C=O) groups excluding carboxylic acids is 1. The van der Waals surface area contributed by atoms with Crippen molar-refractivity contribution in [3.63, 3.8) is 0 Å². The highest BCUT2D eigenvalue weighted by Crippen LogP contribution is 2.42. The van der Waals surface area contributed by atoms with E-state index in [1.165, 1.54) is 19.2 Å². The Morgan fingerprint density at radius 3 is 1.85 bits per heavy atom. The first-order valence-corrected chi connectivity index (χ1v) is 8.23. The number of ether oxygens (including phenoxy) is 1. The molecule has 27 heavy (non-hydrogen) atoms. The maximum atomic E-state index is 12.4. The van der Waals surface area contributed by atoms with Gasteiger partial charge in [-0.2, -0.15) is 5.48 Å². The normalized spacial score (nSPS) is 11.0. The monoisotopic (exact) mass is 365 g/mol. The van der Waals surface area contributed by atoms with Crippen LogP contribution in [-0.4, -0.2) is 23.4 Å². The third-order valence-corrected chi connectivity index (χ3v) is 4.17. The summed E-state index contributed by atoms with van der Waals surface area (Å²) in [5.74, 6) is -0.588. The van der Waals surface area contributed by atoms with Crippen LogP contribution < -0.4 is 5.48 Å². The molecule has 3 rings (SSSR count). The van der Waals surface area contributed by atoms with Crippen molar-refractivity contribution in [1.82, 2.24) is 5.48 Å². The largest absolute Gasteiger partial charge is 0.504 e. The summed E-state index contributed by atoms with van der Waals surface area (Å²) >= 11 is 0. The number of phenolic OH excluding ortho intramolecular Hbond substituents is 2. The zero-order valence-electron chi connectivity index (χ0n) is 14.6. The molecule has 3 N–H and O–H groups in total. The second kappa shape index (κ2) is 7.80. The van der Waals surface area contributed by atoms with Crippen molar-refractivity contribution in [3.05, 3.63) is 95.6 Å². The SMILES string of the molecule is CONC(=O)OC(c1ccccc1)(c1ccccc1)c1ccc(O)c(O)c1.